The molecule has 1 heterocycles. The van der Waals surface area contributed by atoms with Gasteiger partial charge in [-0.15, -0.1) is 0 Å². The van der Waals surface area contributed by atoms with E-state index in [0.717, 1.165) is 38.5 Å². The Bertz CT molecular complexity index is 668. The summed E-state index contributed by atoms with van der Waals surface area (Å²) in [5.41, 5.74) is -1.99. The Labute approximate surface area is 136 Å². The molecule has 5 aliphatic rings. The summed E-state index contributed by atoms with van der Waals surface area (Å²) in [5, 5.41) is 10.8. The molecule has 4 bridgehead atoms. The van der Waals surface area contributed by atoms with Crippen molar-refractivity contribution in [2.75, 3.05) is 0 Å². The van der Waals surface area contributed by atoms with Crippen LogP contribution in [0.3, 0.4) is 0 Å². The van der Waals surface area contributed by atoms with Gasteiger partial charge in [0.15, 0.2) is 5.78 Å². The molecule has 5 fully saturated rings. The van der Waals surface area contributed by atoms with Gasteiger partial charge in [0.1, 0.15) is 5.60 Å². The molecule has 1 spiro atoms. The second-order valence-corrected chi connectivity index (χ2v) is 8.97. The summed E-state index contributed by atoms with van der Waals surface area (Å²) in [5.74, 6) is 0.291. The van der Waals surface area contributed by atoms with Crippen LogP contribution in [0.2, 0.25) is 0 Å². The fraction of sp³-hybridized carbons (Fsp3) is 0.789. The highest BCUT2D eigenvalue weighted by molar-refractivity contribution is 6.05. The lowest BCUT2D eigenvalue weighted by atomic mass is 9.46. The van der Waals surface area contributed by atoms with Gasteiger partial charge in [-0.1, -0.05) is 6.58 Å². The highest BCUT2D eigenvalue weighted by Gasteiger charge is 2.76. The lowest BCUT2D eigenvalue weighted by Crippen LogP contribution is -2.61. The van der Waals surface area contributed by atoms with E-state index in [1.54, 1.807) is 0 Å². The first-order valence-corrected chi connectivity index (χ1v) is 8.99. The van der Waals surface area contributed by atoms with E-state index >= 15 is 0 Å². The number of fused-ring (bicyclic) bond motifs is 1. The molecule has 4 saturated carbocycles. The summed E-state index contributed by atoms with van der Waals surface area (Å²) in [7, 11) is 0. The van der Waals surface area contributed by atoms with Crippen LogP contribution in [-0.2, 0) is 14.3 Å². The molecule has 1 N–H and O–H groups in total. The van der Waals surface area contributed by atoms with Crippen LogP contribution in [-0.4, -0.2) is 28.1 Å². The average molecular weight is 316 g/mol. The Hall–Kier alpha value is -1.16. The Balaban J connectivity index is 1.67. The molecule has 4 nitrogen and oxygen atoms in total. The molecule has 0 amide bonds. The number of ketones is 1. The predicted molar refractivity (Wildman–Crippen MR) is 82.4 cm³/mol. The summed E-state index contributed by atoms with van der Waals surface area (Å²) in [6.07, 6.45) is 6.24. The minimum atomic E-state index is -1.02. The van der Waals surface area contributed by atoms with E-state index in [4.69, 9.17) is 4.74 Å². The second kappa shape index (κ2) is 3.74. The zero-order valence-electron chi connectivity index (χ0n) is 13.7. The van der Waals surface area contributed by atoms with Crippen LogP contribution in [0.5, 0.6) is 0 Å². The van der Waals surface area contributed by atoms with Crippen LogP contribution in [0.25, 0.3) is 0 Å². The summed E-state index contributed by atoms with van der Waals surface area (Å²) < 4.78 is 6.11. The van der Waals surface area contributed by atoms with Crippen molar-refractivity contribution in [3.63, 3.8) is 0 Å². The monoisotopic (exact) mass is 316 g/mol. The first kappa shape index (κ1) is 14.2. The van der Waals surface area contributed by atoms with Gasteiger partial charge in [0.05, 0.1) is 11.0 Å². The SMILES string of the molecule is C=C1C(=O)C23CCC4C5(C)CCCC4(OC5=O)C2CCC1(O)C3. The molecule has 1 aliphatic heterocycles. The minimum absolute atomic E-state index is 0.0468. The molecular formula is C19H24O4. The molecule has 4 heteroatoms. The van der Waals surface area contributed by atoms with Crippen molar-refractivity contribution in [3.8, 4) is 0 Å². The fourth-order valence-corrected chi connectivity index (χ4v) is 7.22. The maximum Gasteiger partial charge on any atom is 0.312 e. The Morgan fingerprint density at radius 1 is 1.13 bits per heavy atom. The van der Waals surface area contributed by atoms with Crippen LogP contribution < -0.4 is 0 Å². The number of Topliss-reactive ketones (excluding diaryl/α,β-unsaturated/α-hetero) is 1. The Morgan fingerprint density at radius 2 is 1.87 bits per heavy atom. The average Bonchev–Trinajstić information content (AvgIpc) is 2.73. The highest BCUT2D eigenvalue weighted by Crippen LogP contribution is 2.72. The van der Waals surface area contributed by atoms with E-state index < -0.39 is 16.6 Å². The standard InChI is InChI=1S/C19H24O4/c1-11-14(20)17-8-4-12-16(2)6-3-7-19(12,23-15(16)21)13(17)5-9-18(11,22)10-17/h12-13,22H,1,3-10H2,2H3. The third-order valence-electron chi connectivity index (χ3n) is 8.25. The smallest absolute Gasteiger partial charge is 0.312 e. The number of hydrogen-bond donors (Lipinski definition) is 1. The van der Waals surface area contributed by atoms with Crippen LogP contribution in [0.15, 0.2) is 12.2 Å². The van der Waals surface area contributed by atoms with Gasteiger partial charge in [0.2, 0.25) is 0 Å². The van der Waals surface area contributed by atoms with Crippen molar-refractivity contribution in [3.05, 3.63) is 12.2 Å². The molecule has 5 rings (SSSR count). The lowest BCUT2D eigenvalue weighted by Gasteiger charge is -2.57. The van der Waals surface area contributed by atoms with Gasteiger partial charge in [-0.2, -0.15) is 0 Å². The van der Waals surface area contributed by atoms with Crippen molar-refractivity contribution >= 4 is 11.8 Å². The van der Waals surface area contributed by atoms with Gasteiger partial charge in [-0.3, -0.25) is 9.59 Å². The molecule has 23 heavy (non-hydrogen) atoms. The van der Waals surface area contributed by atoms with Gasteiger partial charge in [0, 0.05) is 22.8 Å². The number of ether oxygens (including phenoxy) is 1. The van der Waals surface area contributed by atoms with Gasteiger partial charge in [-0.05, 0) is 58.3 Å². The van der Waals surface area contributed by atoms with Gasteiger partial charge in [0.25, 0.3) is 0 Å². The first-order chi connectivity index (χ1) is 10.8. The highest BCUT2D eigenvalue weighted by atomic mass is 16.6. The van der Waals surface area contributed by atoms with Crippen LogP contribution in [0.4, 0.5) is 0 Å². The molecule has 4 aliphatic carbocycles. The summed E-state index contributed by atoms with van der Waals surface area (Å²) in [6.45, 7) is 5.98. The van der Waals surface area contributed by atoms with Gasteiger partial charge < -0.3 is 9.84 Å². The van der Waals surface area contributed by atoms with Crippen molar-refractivity contribution in [2.24, 2.45) is 22.7 Å². The molecule has 0 aromatic heterocycles. The van der Waals surface area contributed by atoms with E-state index in [2.05, 4.69) is 13.5 Å². The molecule has 0 aromatic carbocycles. The van der Waals surface area contributed by atoms with E-state index in [-0.39, 0.29) is 29.0 Å². The number of carbonyl (C=O) groups excluding carboxylic acids is 2. The van der Waals surface area contributed by atoms with Crippen molar-refractivity contribution < 1.29 is 19.4 Å². The number of carbonyl (C=O) groups is 2. The topological polar surface area (TPSA) is 63.6 Å². The third-order valence-corrected chi connectivity index (χ3v) is 8.25. The molecule has 6 atom stereocenters. The molecule has 124 valence electrons. The number of esters is 1. The zero-order chi connectivity index (χ0) is 16.3. The maximum absolute atomic E-state index is 13.1. The molecule has 0 aromatic rings. The number of rotatable bonds is 0. The lowest BCUT2D eigenvalue weighted by molar-refractivity contribution is -0.188. The third kappa shape index (κ3) is 1.29. The van der Waals surface area contributed by atoms with Crippen molar-refractivity contribution in [2.45, 2.75) is 69.5 Å². The first-order valence-electron chi connectivity index (χ1n) is 8.99. The molecule has 0 radical (unpaired) electrons. The molecular weight excluding hydrogens is 292 g/mol. The molecule has 1 saturated heterocycles. The largest absolute Gasteiger partial charge is 0.458 e. The minimum Gasteiger partial charge on any atom is -0.458 e. The van der Waals surface area contributed by atoms with Crippen LogP contribution in [0.1, 0.15) is 58.3 Å². The Morgan fingerprint density at radius 3 is 2.65 bits per heavy atom. The van der Waals surface area contributed by atoms with Crippen molar-refractivity contribution in [1.82, 2.24) is 0 Å². The summed E-state index contributed by atoms with van der Waals surface area (Å²) in [6, 6.07) is 0. The van der Waals surface area contributed by atoms with E-state index in [1.165, 1.54) is 0 Å². The maximum atomic E-state index is 13.1. The normalized spacial score (nSPS) is 57.0. The van der Waals surface area contributed by atoms with E-state index in [0.29, 0.717) is 18.4 Å². The summed E-state index contributed by atoms with van der Waals surface area (Å²) in [4.78, 5) is 25.7. The summed E-state index contributed by atoms with van der Waals surface area (Å²) >= 11 is 0. The van der Waals surface area contributed by atoms with E-state index in [9.17, 15) is 14.7 Å². The predicted octanol–water partition coefficient (Wildman–Crippen LogP) is 2.54. The fourth-order valence-electron chi connectivity index (χ4n) is 7.22. The van der Waals surface area contributed by atoms with Crippen LogP contribution >= 0.6 is 0 Å². The van der Waals surface area contributed by atoms with Crippen LogP contribution in [0, 0.1) is 22.7 Å². The zero-order valence-corrected chi connectivity index (χ0v) is 13.7. The number of aliphatic hydroxyl groups is 1. The number of hydrogen-bond acceptors (Lipinski definition) is 4. The molecule has 6 unspecified atom stereocenters. The van der Waals surface area contributed by atoms with Gasteiger partial charge >= 0.3 is 5.97 Å². The quantitative estimate of drug-likeness (QED) is 0.551. The Kier molecular flexibility index (Phi) is 2.31. The second-order valence-electron chi connectivity index (χ2n) is 8.97. The van der Waals surface area contributed by atoms with Gasteiger partial charge in [-0.25, -0.2) is 0 Å². The van der Waals surface area contributed by atoms with E-state index in [1.807, 2.05) is 0 Å². The van der Waals surface area contributed by atoms with Crippen molar-refractivity contribution in [1.29, 1.82) is 0 Å².